The van der Waals surface area contributed by atoms with Gasteiger partial charge in [-0.2, -0.15) is 0 Å². The largest absolute Gasteiger partial charge is 0.496 e. The van der Waals surface area contributed by atoms with Crippen LogP contribution < -0.4 is 15.4 Å². The Labute approximate surface area is 177 Å². The summed E-state index contributed by atoms with van der Waals surface area (Å²) in [5, 5.41) is 8.70. The number of methoxy groups -OCH3 is 1. The van der Waals surface area contributed by atoms with Gasteiger partial charge in [0.15, 0.2) is 5.96 Å². The van der Waals surface area contributed by atoms with Crippen molar-refractivity contribution in [1.82, 2.24) is 15.5 Å². The smallest absolute Gasteiger partial charge is 0.224 e. The lowest BCUT2D eigenvalue weighted by Crippen LogP contribution is -2.39. The number of para-hydroxylation sites is 1. The molecule has 0 saturated carbocycles. The Bertz CT molecular complexity index is 834. The Kier molecular flexibility index (Phi) is 7.93. The Balaban J connectivity index is 1.45. The van der Waals surface area contributed by atoms with Gasteiger partial charge in [0.25, 0.3) is 0 Å². The van der Waals surface area contributed by atoms with Gasteiger partial charge in [0, 0.05) is 37.5 Å². The SMILES string of the molecule is CCNC(=NCCC(=O)N1CCc2sccc2C1)NCCc1ccccc1OC. The van der Waals surface area contributed by atoms with Crippen LogP contribution in [-0.4, -0.2) is 50.1 Å². The van der Waals surface area contributed by atoms with E-state index >= 15 is 0 Å². The van der Waals surface area contributed by atoms with Gasteiger partial charge in [-0.3, -0.25) is 9.79 Å². The zero-order valence-electron chi connectivity index (χ0n) is 17.2. The van der Waals surface area contributed by atoms with Gasteiger partial charge in [-0.05, 0) is 48.4 Å². The van der Waals surface area contributed by atoms with Crippen molar-refractivity contribution in [2.24, 2.45) is 4.99 Å². The predicted molar refractivity (Wildman–Crippen MR) is 119 cm³/mol. The van der Waals surface area contributed by atoms with Crippen LogP contribution in [0.1, 0.15) is 29.3 Å². The van der Waals surface area contributed by atoms with Crippen molar-refractivity contribution in [3.8, 4) is 5.75 Å². The van der Waals surface area contributed by atoms with Crippen LogP contribution in [-0.2, 0) is 24.2 Å². The van der Waals surface area contributed by atoms with Crippen LogP contribution in [0.15, 0.2) is 40.7 Å². The first-order valence-corrected chi connectivity index (χ1v) is 11.1. The minimum absolute atomic E-state index is 0.176. The highest BCUT2D eigenvalue weighted by molar-refractivity contribution is 7.10. The molecule has 2 aromatic rings. The molecule has 6 nitrogen and oxygen atoms in total. The van der Waals surface area contributed by atoms with E-state index in [1.807, 2.05) is 30.0 Å². The number of carbonyl (C=O) groups is 1. The molecule has 0 unspecified atom stereocenters. The van der Waals surface area contributed by atoms with E-state index in [1.165, 1.54) is 10.4 Å². The number of fused-ring (bicyclic) bond motifs is 1. The average Bonchev–Trinajstić information content (AvgIpc) is 3.22. The maximum Gasteiger partial charge on any atom is 0.224 e. The number of amides is 1. The van der Waals surface area contributed by atoms with Crippen LogP contribution in [0.25, 0.3) is 0 Å². The zero-order chi connectivity index (χ0) is 20.5. The molecule has 1 aromatic heterocycles. The summed E-state index contributed by atoms with van der Waals surface area (Å²) >= 11 is 1.79. The van der Waals surface area contributed by atoms with E-state index < -0.39 is 0 Å². The molecule has 2 N–H and O–H groups in total. The van der Waals surface area contributed by atoms with Crippen molar-refractivity contribution in [2.75, 3.05) is 33.3 Å². The molecule has 1 aromatic carbocycles. The standard InChI is InChI=1S/C22H30N4O2S/c1-3-23-22(24-12-8-17-6-4-5-7-19(17)28-2)25-13-9-21(27)26-14-10-20-18(16-26)11-15-29-20/h4-7,11,15H,3,8-10,12-14,16H2,1-2H3,(H2,23,24,25). The summed E-state index contributed by atoms with van der Waals surface area (Å²) in [5.41, 5.74) is 2.45. The van der Waals surface area contributed by atoms with E-state index in [2.05, 4.69) is 33.1 Å². The summed E-state index contributed by atoms with van der Waals surface area (Å²) in [5.74, 6) is 1.82. The highest BCUT2D eigenvalue weighted by Crippen LogP contribution is 2.24. The van der Waals surface area contributed by atoms with Crippen LogP contribution in [0, 0.1) is 0 Å². The molecule has 0 radical (unpaired) electrons. The van der Waals surface area contributed by atoms with E-state index in [9.17, 15) is 4.79 Å². The van der Waals surface area contributed by atoms with Gasteiger partial charge in [-0.15, -0.1) is 11.3 Å². The van der Waals surface area contributed by atoms with E-state index in [0.29, 0.717) is 13.0 Å². The average molecular weight is 415 g/mol. The summed E-state index contributed by atoms with van der Waals surface area (Å²) in [7, 11) is 1.69. The molecule has 0 aliphatic carbocycles. The van der Waals surface area contributed by atoms with Crippen LogP contribution in [0.4, 0.5) is 0 Å². The molecule has 29 heavy (non-hydrogen) atoms. The number of thiophene rings is 1. The topological polar surface area (TPSA) is 66.0 Å². The number of aliphatic imine (C=N–C) groups is 1. The Morgan fingerprint density at radius 3 is 2.97 bits per heavy atom. The summed E-state index contributed by atoms with van der Waals surface area (Å²) in [6, 6.07) is 10.2. The molecule has 7 heteroatoms. The number of nitrogens with zero attached hydrogens (tertiary/aromatic N) is 2. The van der Waals surface area contributed by atoms with Crippen LogP contribution in [0.3, 0.4) is 0 Å². The van der Waals surface area contributed by atoms with E-state index in [4.69, 9.17) is 4.74 Å². The third-order valence-corrected chi connectivity index (χ3v) is 6.00. The first-order chi connectivity index (χ1) is 14.2. The Hall–Kier alpha value is -2.54. The van der Waals surface area contributed by atoms with Crippen molar-refractivity contribution in [2.45, 2.75) is 32.7 Å². The fourth-order valence-electron chi connectivity index (χ4n) is 3.45. The van der Waals surface area contributed by atoms with Gasteiger partial charge >= 0.3 is 0 Å². The molecular weight excluding hydrogens is 384 g/mol. The molecule has 1 amide bonds. The Morgan fingerprint density at radius 2 is 2.14 bits per heavy atom. The number of nitrogens with one attached hydrogen (secondary N) is 2. The van der Waals surface area contributed by atoms with Crippen molar-refractivity contribution < 1.29 is 9.53 Å². The number of hydrogen-bond acceptors (Lipinski definition) is 4. The molecule has 0 spiro atoms. The van der Waals surface area contributed by atoms with Crippen molar-refractivity contribution in [3.05, 3.63) is 51.7 Å². The maximum atomic E-state index is 12.5. The number of rotatable bonds is 8. The van der Waals surface area contributed by atoms with Crippen molar-refractivity contribution in [3.63, 3.8) is 0 Å². The fraction of sp³-hybridized carbons (Fsp3) is 0.455. The molecule has 1 aliphatic rings. The predicted octanol–water partition coefficient (Wildman–Crippen LogP) is 2.83. The normalized spacial score (nSPS) is 13.7. The minimum Gasteiger partial charge on any atom is -0.496 e. The minimum atomic E-state index is 0.176. The van der Waals surface area contributed by atoms with Crippen LogP contribution in [0.2, 0.25) is 0 Å². The molecule has 2 heterocycles. The van der Waals surface area contributed by atoms with Crippen molar-refractivity contribution >= 4 is 23.2 Å². The lowest BCUT2D eigenvalue weighted by molar-refractivity contribution is -0.131. The first-order valence-electron chi connectivity index (χ1n) is 10.2. The van der Waals surface area contributed by atoms with Crippen molar-refractivity contribution in [1.29, 1.82) is 0 Å². The first kappa shape index (κ1) is 21.2. The number of hydrogen-bond donors (Lipinski definition) is 2. The summed E-state index contributed by atoms with van der Waals surface area (Å²) in [6.07, 6.45) is 2.24. The molecule has 0 saturated heterocycles. The van der Waals surface area contributed by atoms with Crippen LogP contribution >= 0.6 is 11.3 Å². The van der Waals surface area contributed by atoms with Gasteiger partial charge in [-0.25, -0.2) is 0 Å². The second kappa shape index (κ2) is 10.9. The van der Waals surface area contributed by atoms with Gasteiger partial charge < -0.3 is 20.3 Å². The van der Waals surface area contributed by atoms with E-state index in [0.717, 1.165) is 56.3 Å². The molecule has 0 atom stereocenters. The fourth-order valence-corrected chi connectivity index (χ4v) is 4.34. The zero-order valence-corrected chi connectivity index (χ0v) is 18.1. The summed E-state index contributed by atoms with van der Waals surface area (Å²) in [6.45, 7) is 5.59. The number of benzene rings is 1. The molecule has 3 rings (SSSR count). The second-order valence-electron chi connectivity index (χ2n) is 6.93. The number of guanidine groups is 1. The lowest BCUT2D eigenvalue weighted by atomic mass is 10.1. The van der Waals surface area contributed by atoms with Gasteiger partial charge in [-0.1, -0.05) is 18.2 Å². The summed E-state index contributed by atoms with van der Waals surface area (Å²) < 4.78 is 5.40. The third kappa shape index (κ3) is 5.97. The van der Waals surface area contributed by atoms with E-state index in [1.54, 1.807) is 18.4 Å². The Morgan fingerprint density at radius 1 is 1.28 bits per heavy atom. The number of ether oxygens (including phenoxy) is 1. The highest BCUT2D eigenvalue weighted by Gasteiger charge is 2.20. The monoisotopic (exact) mass is 414 g/mol. The quantitative estimate of drug-likeness (QED) is 0.515. The van der Waals surface area contributed by atoms with Gasteiger partial charge in [0.1, 0.15) is 5.75 Å². The molecular formula is C22H30N4O2S. The molecule has 156 valence electrons. The summed E-state index contributed by atoms with van der Waals surface area (Å²) in [4.78, 5) is 20.5. The molecule has 0 fully saturated rings. The molecule has 1 aliphatic heterocycles. The lowest BCUT2D eigenvalue weighted by Gasteiger charge is -2.26. The molecule has 0 bridgehead atoms. The third-order valence-electron chi connectivity index (χ3n) is 4.98. The van der Waals surface area contributed by atoms with E-state index in [-0.39, 0.29) is 5.91 Å². The van der Waals surface area contributed by atoms with Crippen LogP contribution in [0.5, 0.6) is 5.75 Å². The second-order valence-corrected chi connectivity index (χ2v) is 7.93. The van der Waals surface area contributed by atoms with Gasteiger partial charge in [0.05, 0.1) is 13.7 Å². The van der Waals surface area contributed by atoms with Gasteiger partial charge in [0.2, 0.25) is 5.91 Å². The maximum absolute atomic E-state index is 12.5. The highest BCUT2D eigenvalue weighted by atomic mass is 32.1. The number of carbonyl (C=O) groups excluding carboxylic acids is 1.